The first-order valence-electron chi connectivity index (χ1n) is 16.4. The van der Waals surface area contributed by atoms with Crippen LogP contribution in [0.4, 0.5) is 17.1 Å². The molecule has 0 aliphatic heterocycles. The first-order chi connectivity index (χ1) is 23.8. The molecule has 9 rings (SSSR count). The third-order valence-corrected chi connectivity index (χ3v) is 9.34. The van der Waals surface area contributed by atoms with Gasteiger partial charge >= 0.3 is 0 Å². The maximum absolute atomic E-state index is 2.48. The van der Waals surface area contributed by atoms with Crippen molar-refractivity contribution in [2.75, 3.05) is 4.90 Å². The Labute approximate surface area is 280 Å². The van der Waals surface area contributed by atoms with Crippen molar-refractivity contribution in [2.24, 2.45) is 0 Å². The molecule has 0 saturated heterocycles. The molecule has 9 aromatic rings. The highest BCUT2D eigenvalue weighted by Gasteiger charge is 2.21. The third-order valence-electron chi connectivity index (χ3n) is 9.34. The molecule has 0 spiro atoms. The van der Waals surface area contributed by atoms with E-state index in [0.717, 1.165) is 22.7 Å². The van der Waals surface area contributed by atoms with E-state index in [0.29, 0.717) is 0 Å². The summed E-state index contributed by atoms with van der Waals surface area (Å²) in [6.07, 6.45) is 0. The Balaban J connectivity index is 1.38. The number of rotatable bonds is 6. The zero-order chi connectivity index (χ0) is 31.9. The smallest absolute Gasteiger partial charge is 0.0625 e. The maximum atomic E-state index is 2.48. The summed E-state index contributed by atoms with van der Waals surface area (Å²) in [6, 6.07) is 69.8. The summed E-state index contributed by atoms with van der Waals surface area (Å²) < 4.78 is 2.48. The molecule has 0 fully saturated rings. The molecule has 0 amide bonds. The van der Waals surface area contributed by atoms with Crippen molar-refractivity contribution in [3.05, 3.63) is 194 Å². The van der Waals surface area contributed by atoms with Gasteiger partial charge in [-0.05, 0) is 82.2 Å². The minimum Gasteiger partial charge on any atom is -0.310 e. The molecule has 0 aliphatic carbocycles. The molecular formula is C46H32N2. The molecule has 1 heterocycles. The number of hydrogen-bond donors (Lipinski definition) is 0. The van der Waals surface area contributed by atoms with Crippen molar-refractivity contribution in [1.82, 2.24) is 4.57 Å². The van der Waals surface area contributed by atoms with Crippen LogP contribution in [0.15, 0.2) is 194 Å². The number of hydrogen-bond acceptors (Lipinski definition) is 1. The van der Waals surface area contributed by atoms with Crippen molar-refractivity contribution >= 4 is 49.6 Å². The number of fused-ring (bicyclic) bond motifs is 5. The minimum absolute atomic E-state index is 1.11. The van der Waals surface area contributed by atoms with Crippen molar-refractivity contribution in [3.63, 3.8) is 0 Å². The van der Waals surface area contributed by atoms with Crippen LogP contribution >= 0.6 is 0 Å². The Bertz CT molecular complexity index is 2480. The quantitative estimate of drug-likeness (QED) is 0.181. The van der Waals surface area contributed by atoms with Crippen molar-refractivity contribution in [1.29, 1.82) is 0 Å². The lowest BCUT2D eigenvalue weighted by molar-refractivity contribution is 1.18. The molecule has 0 aliphatic rings. The van der Waals surface area contributed by atoms with E-state index in [4.69, 9.17) is 0 Å². The molecule has 0 bridgehead atoms. The first-order valence-corrected chi connectivity index (χ1v) is 16.4. The van der Waals surface area contributed by atoms with Gasteiger partial charge < -0.3 is 9.47 Å². The summed E-state index contributed by atoms with van der Waals surface area (Å²) in [5.74, 6) is 0. The molecule has 8 aromatic carbocycles. The fourth-order valence-corrected chi connectivity index (χ4v) is 7.16. The van der Waals surface area contributed by atoms with Gasteiger partial charge in [-0.3, -0.25) is 0 Å². The Kier molecular flexibility index (Phi) is 6.84. The van der Waals surface area contributed by atoms with Gasteiger partial charge in [-0.15, -0.1) is 0 Å². The summed E-state index contributed by atoms with van der Waals surface area (Å²) in [5, 5.41) is 4.95. The largest absolute Gasteiger partial charge is 0.310 e. The number of nitrogens with zero attached hydrogens (tertiary/aromatic N) is 2. The van der Waals surface area contributed by atoms with Crippen molar-refractivity contribution in [3.8, 4) is 27.9 Å². The zero-order valence-electron chi connectivity index (χ0n) is 26.4. The normalized spacial score (nSPS) is 11.3. The lowest BCUT2D eigenvalue weighted by Crippen LogP contribution is -2.09. The molecule has 2 heteroatoms. The van der Waals surface area contributed by atoms with Gasteiger partial charge in [-0.25, -0.2) is 0 Å². The summed E-state index contributed by atoms with van der Waals surface area (Å²) in [7, 11) is 0. The predicted octanol–water partition coefficient (Wildman–Crippen LogP) is 12.7. The molecule has 0 unspecified atom stereocenters. The lowest BCUT2D eigenvalue weighted by Gasteiger charge is -2.25. The highest BCUT2D eigenvalue weighted by molar-refractivity contribution is 6.24. The SMILES string of the molecule is c1ccc(-c2ccc(-n3c4cc(N(c5ccccc5)c5ccccc5)ccc4c4c(-c5ccccc5)cc5ccccc5c43)cc2)cc1. The van der Waals surface area contributed by atoms with Gasteiger partial charge in [0.2, 0.25) is 0 Å². The van der Waals surface area contributed by atoms with E-state index >= 15 is 0 Å². The molecule has 226 valence electrons. The number of anilines is 3. The van der Waals surface area contributed by atoms with E-state index in [9.17, 15) is 0 Å². The predicted molar refractivity (Wildman–Crippen MR) is 204 cm³/mol. The fraction of sp³-hybridized carbons (Fsp3) is 0. The number of aromatic nitrogens is 1. The second-order valence-corrected chi connectivity index (χ2v) is 12.2. The van der Waals surface area contributed by atoms with Gasteiger partial charge in [0.15, 0.2) is 0 Å². The molecule has 0 saturated carbocycles. The Hall–Kier alpha value is -6.38. The van der Waals surface area contributed by atoms with Gasteiger partial charge in [0.25, 0.3) is 0 Å². The highest BCUT2D eigenvalue weighted by atomic mass is 15.1. The van der Waals surface area contributed by atoms with Crippen LogP contribution in [0.5, 0.6) is 0 Å². The van der Waals surface area contributed by atoms with Crippen molar-refractivity contribution < 1.29 is 0 Å². The van der Waals surface area contributed by atoms with E-state index in [1.807, 2.05) is 0 Å². The van der Waals surface area contributed by atoms with Crippen LogP contribution < -0.4 is 4.90 Å². The highest BCUT2D eigenvalue weighted by Crippen LogP contribution is 2.45. The molecule has 0 N–H and O–H groups in total. The minimum atomic E-state index is 1.11. The summed E-state index contributed by atoms with van der Waals surface area (Å²) >= 11 is 0. The van der Waals surface area contributed by atoms with Crippen molar-refractivity contribution in [2.45, 2.75) is 0 Å². The Morgan fingerprint density at radius 1 is 0.375 bits per heavy atom. The van der Waals surface area contributed by atoms with Crippen LogP contribution in [0.1, 0.15) is 0 Å². The van der Waals surface area contributed by atoms with E-state index in [-0.39, 0.29) is 0 Å². The average molecular weight is 613 g/mol. The summed E-state index contributed by atoms with van der Waals surface area (Å²) in [5.41, 5.74) is 11.7. The van der Waals surface area contributed by atoms with Gasteiger partial charge in [0.05, 0.1) is 11.0 Å². The first kappa shape index (κ1) is 27.9. The maximum Gasteiger partial charge on any atom is 0.0625 e. The zero-order valence-corrected chi connectivity index (χ0v) is 26.4. The molecule has 48 heavy (non-hydrogen) atoms. The van der Waals surface area contributed by atoms with Crippen LogP contribution in [0, 0.1) is 0 Å². The lowest BCUT2D eigenvalue weighted by atomic mass is 9.95. The standard InChI is InChI=1S/C46H32N2/c1-5-15-33(16-6-1)34-25-27-39(28-26-34)48-44-32-40(47(37-20-9-3-10-21-37)38-22-11-4-12-23-38)29-30-42(44)45-43(35-17-7-2-8-18-35)31-36-19-13-14-24-41(36)46(45)48/h1-32H. The summed E-state index contributed by atoms with van der Waals surface area (Å²) in [6.45, 7) is 0. The molecule has 2 nitrogen and oxygen atoms in total. The van der Waals surface area contributed by atoms with Crippen LogP contribution in [0.3, 0.4) is 0 Å². The molecular weight excluding hydrogens is 581 g/mol. The molecule has 1 aromatic heterocycles. The summed E-state index contributed by atoms with van der Waals surface area (Å²) in [4.78, 5) is 2.34. The van der Waals surface area contributed by atoms with Crippen LogP contribution in [0.2, 0.25) is 0 Å². The van der Waals surface area contributed by atoms with Crippen LogP contribution in [-0.2, 0) is 0 Å². The molecule has 0 atom stereocenters. The van der Waals surface area contributed by atoms with E-state index < -0.39 is 0 Å². The van der Waals surface area contributed by atoms with Crippen LogP contribution in [-0.4, -0.2) is 4.57 Å². The second kappa shape index (κ2) is 11.8. The number of para-hydroxylation sites is 2. The topological polar surface area (TPSA) is 8.17 Å². The van der Waals surface area contributed by atoms with Gasteiger partial charge in [-0.2, -0.15) is 0 Å². The monoisotopic (exact) mass is 612 g/mol. The van der Waals surface area contributed by atoms with E-state index in [2.05, 4.69) is 204 Å². The van der Waals surface area contributed by atoms with Gasteiger partial charge in [0, 0.05) is 38.9 Å². The Morgan fingerprint density at radius 3 is 1.56 bits per heavy atom. The second-order valence-electron chi connectivity index (χ2n) is 12.2. The third kappa shape index (κ3) is 4.74. The average Bonchev–Trinajstić information content (AvgIpc) is 3.51. The van der Waals surface area contributed by atoms with Gasteiger partial charge in [0.1, 0.15) is 0 Å². The van der Waals surface area contributed by atoms with Gasteiger partial charge in [-0.1, -0.05) is 140 Å². The Morgan fingerprint density at radius 2 is 0.917 bits per heavy atom. The molecule has 0 radical (unpaired) electrons. The van der Waals surface area contributed by atoms with Crippen LogP contribution in [0.25, 0.3) is 60.5 Å². The van der Waals surface area contributed by atoms with E-state index in [1.165, 1.54) is 54.8 Å². The van der Waals surface area contributed by atoms with E-state index in [1.54, 1.807) is 0 Å². The number of benzene rings is 8. The fourth-order valence-electron chi connectivity index (χ4n) is 7.16.